The third-order valence-corrected chi connectivity index (χ3v) is 3.75. The van der Waals surface area contributed by atoms with Crippen molar-refractivity contribution in [3.63, 3.8) is 0 Å². The molecule has 5 heteroatoms. The predicted octanol–water partition coefficient (Wildman–Crippen LogP) is 3.01. The van der Waals surface area contributed by atoms with Gasteiger partial charge >= 0.3 is 0 Å². The Morgan fingerprint density at radius 1 is 1.35 bits per heavy atom. The number of hydrogen-bond donors (Lipinski definition) is 2. The van der Waals surface area contributed by atoms with Gasteiger partial charge in [0.1, 0.15) is 5.82 Å². The minimum absolute atomic E-state index is 0.331. The Labute approximate surface area is 127 Å². The summed E-state index contributed by atoms with van der Waals surface area (Å²) in [6.07, 6.45) is 4.36. The average molecular weight is 292 g/mol. The van der Waals surface area contributed by atoms with Crippen LogP contribution in [0.1, 0.15) is 33.6 Å². The molecule has 0 bridgehead atoms. The van der Waals surface area contributed by atoms with E-state index in [1.54, 1.807) is 0 Å². The number of anilines is 2. The van der Waals surface area contributed by atoms with Crippen LogP contribution in [0.5, 0.6) is 0 Å². The van der Waals surface area contributed by atoms with Crippen molar-refractivity contribution in [2.75, 3.05) is 23.3 Å². The molecule has 1 aromatic rings. The Bertz CT molecular complexity index is 436. The van der Waals surface area contributed by atoms with Gasteiger partial charge in [-0.05, 0) is 57.0 Å². The minimum Gasteiger partial charge on any atom is -0.360 e. The molecule has 0 unspecified atom stereocenters. The molecular formula is C15H24N4S. The first-order valence-electron chi connectivity index (χ1n) is 7.33. The van der Waals surface area contributed by atoms with E-state index in [9.17, 15) is 0 Å². The van der Waals surface area contributed by atoms with E-state index in [1.165, 1.54) is 12.8 Å². The normalized spacial score (nSPS) is 16.3. The van der Waals surface area contributed by atoms with E-state index in [2.05, 4.69) is 47.4 Å². The van der Waals surface area contributed by atoms with Crippen LogP contribution in [0.4, 0.5) is 11.5 Å². The smallest absolute Gasteiger partial charge is 0.171 e. The topological polar surface area (TPSA) is 40.2 Å². The van der Waals surface area contributed by atoms with Gasteiger partial charge in [-0.25, -0.2) is 4.98 Å². The van der Waals surface area contributed by atoms with E-state index >= 15 is 0 Å². The molecule has 1 aliphatic heterocycles. The number of pyridine rings is 1. The zero-order valence-corrected chi connectivity index (χ0v) is 13.3. The lowest BCUT2D eigenvalue weighted by molar-refractivity contribution is 0.436. The lowest BCUT2D eigenvalue weighted by atomic mass is 9.99. The van der Waals surface area contributed by atoms with E-state index in [4.69, 9.17) is 12.2 Å². The number of hydrogen-bond acceptors (Lipinski definition) is 3. The quantitative estimate of drug-likeness (QED) is 0.838. The molecule has 0 saturated carbocycles. The number of thiocarbonyl (C=S) groups is 1. The molecule has 20 heavy (non-hydrogen) atoms. The van der Waals surface area contributed by atoms with Crippen molar-refractivity contribution in [1.29, 1.82) is 0 Å². The van der Waals surface area contributed by atoms with Gasteiger partial charge in [0.2, 0.25) is 0 Å². The van der Waals surface area contributed by atoms with Gasteiger partial charge in [-0.15, -0.1) is 0 Å². The highest BCUT2D eigenvalue weighted by molar-refractivity contribution is 7.80. The van der Waals surface area contributed by atoms with Gasteiger partial charge in [-0.1, -0.05) is 6.92 Å². The molecule has 1 aliphatic rings. The van der Waals surface area contributed by atoms with Crippen LogP contribution in [-0.4, -0.2) is 29.2 Å². The Balaban J connectivity index is 1.91. The second-order valence-electron chi connectivity index (χ2n) is 5.83. The summed E-state index contributed by atoms with van der Waals surface area (Å²) in [6, 6.07) is 4.43. The number of aromatic nitrogens is 1. The molecule has 1 aromatic heterocycles. The van der Waals surface area contributed by atoms with Crippen molar-refractivity contribution >= 4 is 28.8 Å². The number of nitrogens with zero attached hydrogens (tertiary/aromatic N) is 2. The maximum atomic E-state index is 5.22. The van der Waals surface area contributed by atoms with Crippen molar-refractivity contribution in [1.82, 2.24) is 10.3 Å². The highest BCUT2D eigenvalue weighted by atomic mass is 32.1. The van der Waals surface area contributed by atoms with Crippen LogP contribution in [0.15, 0.2) is 18.3 Å². The summed E-state index contributed by atoms with van der Waals surface area (Å²) in [6.45, 7) is 8.66. The molecule has 4 nitrogen and oxygen atoms in total. The molecular weight excluding hydrogens is 268 g/mol. The third kappa shape index (κ3) is 4.34. The summed E-state index contributed by atoms with van der Waals surface area (Å²) in [4.78, 5) is 6.89. The van der Waals surface area contributed by atoms with Crippen LogP contribution in [0.25, 0.3) is 0 Å². The lowest BCUT2D eigenvalue weighted by Gasteiger charge is -2.31. The molecule has 2 heterocycles. The Kier molecular flexibility index (Phi) is 5.17. The molecule has 0 radical (unpaired) electrons. The van der Waals surface area contributed by atoms with Gasteiger partial charge in [-0.2, -0.15) is 0 Å². The molecule has 110 valence electrons. The van der Waals surface area contributed by atoms with Crippen LogP contribution in [0, 0.1) is 5.92 Å². The first-order chi connectivity index (χ1) is 9.54. The molecule has 0 aromatic carbocycles. The second kappa shape index (κ2) is 6.88. The molecule has 2 rings (SSSR count). The molecule has 1 fully saturated rings. The van der Waals surface area contributed by atoms with E-state index in [-0.39, 0.29) is 0 Å². The fourth-order valence-corrected chi connectivity index (χ4v) is 2.67. The van der Waals surface area contributed by atoms with Gasteiger partial charge in [0, 0.05) is 19.1 Å². The van der Waals surface area contributed by atoms with Gasteiger partial charge in [0.05, 0.1) is 11.9 Å². The van der Waals surface area contributed by atoms with E-state index < -0.39 is 0 Å². The van der Waals surface area contributed by atoms with Crippen molar-refractivity contribution in [3.05, 3.63) is 18.3 Å². The number of rotatable bonds is 3. The molecule has 0 atom stereocenters. The molecule has 0 amide bonds. The Morgan fingerprint density at radius 2 is 2.05 bits per heavy atom. The van der Waals surface area contributed by atoms with Crippen LogP contribution < -0.4 is 15.5 Å². The van der Waals surface area contributed by atoms with Gasteiger partial charge < -0.3 is 15.5 Å². The SMILES string of the molecule is CC1CCN(c2ccc(NC(=S)NC(C)C)cn2)CC1. The average Bonchev–Trinajstić information content (AvgIpc) is 2.39. The van der Waals surface area contributed by atoms with Crippen molar-refractivity contribution in [3.8, 4) is 0 Å². The predicted molar refractivity (Wildman–Crippen MR) is 89.3 cm³/mol. The molecule has 1 saturated heterocycles. The lowest BCUT2D eigenvalue weighted by Crippen LogP contribution is -2.34. The molecule has 0 spiro atoms. The fourth-order valence-electron chi connectivity index (χ4n) is 2.31. The van der Waals surface area contributed by atoms with E-state index in [1.807, 2.05) is 12.3 Å². The fraction of sp³-hybridized carbons (Fsp3) is 0.600. The summed E-state index contributed by atoms with van der Waals surface area (Å²) < 4.78 is 0. The summed E-state index contributed by atoms with van der Waals surface area (Å²) in [5.74, 6) is 1.90. The summed E-state index contributed by atoms with van der Waals surface area (Å²) in [7, 11) is 0. The summed E-state index contributed by atoms with van der Waals surface area (Å²) in [5, 5.41) is 6.95. The zero-order chi connectivity index (χ0) is 14.5. The molecule has 2 N–H and O–H groups in total. The number of nitrogens with one attached hydrogen (secondary N) is 2. The Hall–Kier alpha value is -1.36. The first-order valence-corrected chi connectivity index (χ1v) is 7.74. The zero-order valence-electron chi connectivity index (χ0n) is 12.5. The number of piperidine rings is 1. The summed E-state index contributed by atoms with van der Waals surface area (Å²) >= 11 is 5.22. The second-order valence-corrected chi connectivity index (χ2v) is 6.24. The van der Waals surface area contributed by atoms with Gasteiger partial charge in [0.15, 0.2) is 5.11 Å². The largest absolute Gasteiger partial charge is 0.360 e. The minimum atomic E-state index is 0.331. The first kappa shape index (κ1) is 15.0. The van der Waals surface area contributed by atoms with Gasteiger partial charge in [0.25, 0.3) is 0 Å². The third-order valence-electron chi connectivity index (χ3n) is 3.53. The highest BCUT2D eigenvalue weighted by Crippen LogP contribution is 2.22. The Morgan fingerprint density at radius 3 is 2.60 bits per heavy atom. The van der Waals surface area contributed by atoms with Crippen LogP contribution in [0.3, 0.4) is 0 Å². The van der Waals surface area contributed by atoms with E-state index in [0.29, 0.717) is 11.2 Å². The van der Waals surface area contributed by atoms with Crippen LogP contribution >= 0.6 is 12.2 Å². The van der Waals surface area contributed by atoms with Crippen molar-refractivity contribution in [2.24, 2.45) is 5.92 Å². The highest BCUT2D eigenvalue weighted by Gasteiger charge is 2.16. The monoisotopic (exact) mass is 292 g/mol. The summed E-state index contributed by atoms with van der Waals surface area (Å²) in [5.41, 5.74) is 0.928. The van der Waals surface area contributed by atoms with Gasteiger partial charge in [-0.3, -0.25) is 0 Å². The van der Waals surface area contributed by atoms with Crippen LogP contribution in [-0.2, 0) is 0 Å². The van der Waals surface area contributed by atoms with Crippen LogP contribution in [0.2, 0.25) is 0 Å². The standard InChI is InChI=1S/C15H24N4S/c1-11(2)17-15(20)18-13-4-5-14(16-10-13)19-8-6-12(3)7-9-19/h4-5,10-12H,6-9H2,1-3H3,(H2,17,18,20). The maximum Gasteiger partial charge on any atom is 0.171 e. The van der Waals surface area contributed by atoms with Crippen molar-refractivity contribution < 1.29 is 0 Å². The molecule has 0 aliphatic carbocycles. The maximum absolute atomic E-state index is 5.22. The van der Waals surface area contributed by atoms with E-state index in [0.717, 1.165) is 30.5 Å². The van der Waals surface area contributed by atoms with Crippen molar-refractivity contribution in [2.45, 2.75) is 39.7 Å².